The zero-order chi connectivity index (χ0) is 31.3. The highest BCUT2D eigenvalue weighted by Gasteiger charge is 2.42. The lowest BCUT2D eigenvalue weighted by Gasteiger charge is -2.35. The Morgan fingerprint density at radius 1 is 1.04 bits per heavy atom. The molecule has 2 aromatic heterocycles. The summed E-state index contributed by atoms with van der Waals surface area (Å²) in [5.41, 5.74) is 6.20. The third-order valence-corrected chi connectivity index (χ3v) is 10.4. The van der Waals surface area contributed by atoms with Gasteiger partial charge in [0.25, 0.3) is 5.91 Å². The molecule has 1 atom stereocenters. The number of ether oxygens (including phenoxy) is 1. The highest BCUT2D eigenvalue weighted by atomic mass is 19.1. The molecule has 7 rings (SSSR count). The molecule has 0 unspecified atom stereocenters. The molecule has 4 aromatic rings. The van der Waals surface area contributed by atoms with Gasteiger partial charge in [-0.1, -0.05) is 37.3 Å². The molecule has 3 aliphatic rings. The van der Waals surface area contributed by atoms with E-state index in [2.05, 4.69) is 32.0 Å². The van der Waals surface area contributed by atoms with E-state index < -0.39 is 0 Å². The summed E-state index contributed by atoms with van der Waals surface area (Å²) in [4.78, 5) is 32.7. The second kappa shape index (κ2) is 11.7. The van der Waals surface area contributed by atoms with Crippen LogP contribution in [0.4, 0.5) is 4.39 Å². The van der Waals surface area contributed by atoms with Crippen LogP contribution in [0, 0.1) is 17.7 Å². The first-order valence-electron chi connectivity index (χ1n) is 16.5. The van der Waals surface area contributed by atoms with Crippen LogP contribution in [0.2, 0.25) is 0 Å². The number of fused-ring (bicyclic) bond motifs is 2. The van der Waals surface area contributed by atoms with Crippen molar-refractivity contribution in [2.24, 2.45) is 11.8 Å². The van der Waals surface area contributed by atoms with E-state index in [0.717, 1.165) is 62.6 Å². The SMILES string of the molecule is CCOC(=O)C1CCC(Cc2ccc(-c3cc4nc(C(=O)N5CCc6ccccc6[C@H]5C)cc(C5(C)CC5)n4n3)c(F)c2)CC1. The predicted octanol–water partition coefficient (Wildman–Crippen LogP) is 7.26. The van der Waals surface area contributed by atoms with Crippen molar-refractivity contribution in [3.05, 3.63) is 88.5 Å². The summed E-state index contributed by atoms with van der Waals surface area (Å²) in [5, 5.41) is 4.84. The second-order valence-corrected chi connectivity index (χ2v) is 13.5. The number of hydrogen-bond donors (Lipinski definition) is 0. The third kappa shape index (κ3) is 5.64. The van der Waals surface area contributed by atoms with Crippen molar-refractivity contribution in [2.45, 2.75) is 83.6 Å². The van der Waals surface area contributed by atoms with E-state index >= 15 is 4.39 Å². The van der Waals surface area contributed by atoms with E-state index in [-0.39, 0.29) is 35.1 Å². The smallest absolute Gasteiger partial charge is 0.308 e. The normalized spacial score (nSPS) is 22.2. The van der Waals surface area contributed by atoms with Crippen LogP contribution in [0.25, 0.3) is 16.9 Å². The number of nitrogens with zero attached hydrogens (tertiary/aromatic N) is 4. The number of amides is 1. The molecule has 0 saturated heterocycles. The molecule has 2 saturated carbocycles. The molecule has 234 valence electrons. The lowest BCUT2D eigenvalue weighted by atomic mass is 9.79. The Balaban J connectivity index is 1.13. The fourth-order valence-corrected chi connectivity index (χ4v) is 7.37. The average molecular weight is 609 g/mol. The number of rotatable bonds is 7. The molecular formula is C37H41FN4O3. The number of halogens is 1. The van der Waals surface area contributed by atoms with Crippen molar-refractivity contribution >= 4 is 17.5 Å². The summed E-state index contributed by atoms with van der Waals surface area (Å²) in [7, 11) is 0. The van der Waals surface area contributed by atoms with Gasteiger partial charge in [-0.05, 0) is 106 Å². The lowest BCUT2D eigenvalue weighted by Crippen LogP contribution is -2.39. The Hall–Kier alpha value is -4.07. The quantitative estimate of drug-likeness (QED) is 0.207. The van der Waals surface area contributed by atoms with E-state index in [1.165, 1.54) is 11.1 Å². The standard InChI is InChI=1S/C37H41FN4O3/c1-4-45-36(44)27-12-9-24(10-13-27)19-25-11-14-29(30(38)20-25)31-22-34-39-32(21-33(42(34)40-31)37(3)16-17-37)35(43)41-18-15-26-7-5-6-8-28(26)23(41)2/h5-8,11,14,20-24,27H,4,9-10,12-13,15-19H2,1-3H3/t23-,24?,27?/m1/s1. The summed E-state index contributed by atoms with van der Waals surface area (Å²) in [6.45, 7) is 7.17. The van der Waals surface area contributed by atoms with Gasteiger partial charge < -0.3 is 9.64 Å². The molecule has 3 heterocycles. The Labute approximate surface area is 263 Å². The fourth-order valence-electron chi connectivity index (χ4n) is 7.37. The highest BCUT2D eigenvalue weighted by Crippen LogP contribution is 2.48. The van der Waals surface area contributed by atoms with Crippen molar-refractivity contribution in [1.82, 2.24) is 19.5 Å². The van der Waals surface area contributed by atoms with Crippen LogP contribution in [0.15, 0.2) is 54.6 Å². The van der Waals surface area contributed by atoms with Gasteiger partial charge in [-0.2, -0.15) is 5.10 Å². The molecule has 1 aliphatic heterocycles. The van der Waals surface area contributed by atoms with Gasteiger partial charge in [0.15, 0.2) is 5.65 Å². The minimum absolute atomic E-state index is 0.0115. The average Bonchev–Trinajstić information content (AvgIpc) is 3.65. The molecule has 7 nitrogen and oxygen atoms in total. The first-order chi connectivity index (χ1) is 21.7. The Kier molecular flexibility index (Phi) is 7.70. The number of esters is 1. The molecule has 0 N–H and O–H groups in total. The first kappa shape index (κ1) is 29.6. The van der Waals surface area contributed by atoms with Gasteiger partial charge in [0, 0.05) is 23.6 Å². The van der Waals surface area contributed by atoms with Crippen molar-refractivity contribution in [1.29, 1.82) is 0 Å². The monoisotopic (exact) mass is 608 g/mol. The van der Waals surface area contributed by atoms with Gasteiger partial charge >= 0.3 is 5.97 Å². The maximum absolute atomic E-state index is 15.6. The Morgan fingerprint density at radius 3 is 2.56 bits per heavy atom. The van der Waals surface area contributed by atoms with Crippen LogP contribution in [0.3, 0.4) is 0 Å². The van der Waals surface area contributed by atoms with E-state index in [0.29, 0.717) is 41.7 Å². The van der Waals surface area contributed by atoms with Gasteiger partial charge in [-0.25, -0.2) is 13.9 Å². The predicted molar refractivity (Wildman–Crippen MR) is 170 cm³/mol. The van der Waals surface area contributed by atoms with Gasteiger partial charge in [0.1, 0.15) is 11.5 Å². The van der Waals surface area contributed by atoms with Crippen LogP contribution in [0.1, 0.15) is 98.2 Å². The molecular weight excluding hydrogens is 567 g/mol. The summed E-state index contributed by atoms with van der Waals surface area (Å²) < 4.78 is 22.6. The summed E-state index contributed by atoms with van der Waals surface area (Å²) in [6, 6.07) is 17.4. The minimum atomic E-state index is -0.313. The van der Waals surface area contributed by atoms with E-state index in [9.17, 15) is 9.59 Å². The van der Waals surface area contributed by atoms with E-state index in [1.807, 2.05) is 40.6 Å². The molecule has 0 radical (unpaired) electrons. The zero-order valence-corrected chi connectivity index (χ0v) is 26.4. The number of carbonyl (C=O) groups is 2. The Morgan fingerprint density at radius 2 is 1.82 bits per heavy atom. The lowest BCUT2D eigenvalue weighted by molar-refractivity contribution is -0.149. The third-order valence-electron chi connectivity index (χ3n) is 10.4. The molecule has 2 aliphatic carbocycles. The van der Waals surface area contributed by atoms with Crippen molar-refractivity contribution in [3.8, 4) is 11.3 Å². The van der Waals surface area contributed by atoms with Gasteiger partial charge in [0.2, 0.25) is 0 Å². The topological polar surface area (TPSA) is 76.8 Å². The van der Waals surface area contributed by atoms with Crippen LogP contribution in [-0.4, -0.2) is 44.5 Å². The second-order valence-electron chi connectivity index (χ2n) is 13.5. The molecule has 2 fully saturated rings. The van der Waals surface area contributed by atoms with E-state index in [1.54, 1.807) is 12.1 Å². The largest absolute Gasteiger partial charge is 0.466 e. The summed E-state index contributed by atoms with van der Waals surface area (Å²) >= 11 is 0. The molecule has 0 bridgehead atoms. The number of carbonyl (C=O) groups excluding carboxylic acids is 2. The van der Waals surface area contributed by atoms with E-state index in [4.69, 9.17) is 14.8 Å². The van der Waals surface area contributed by atoms with Crippen LogP contribution in [-0.2, 0) is 27.8 Å². The van der Waals surface area contributed by atoms with Crippen LogP contribution >= 0.6 is 0 Å². The number of benzene rings is 2. The summed E-state index contributed by atoms with van der Waals surface area (Å²) in [5.74, 6) is -0.0702. The van der Waals surface area contributed by atoms with Gasteiger partial charge in [-0.15, -0.1) is 0 Å². The van der Waals surface area contributed by atoms with Crippen molar-refractivity contribution in [2.75, 3.05) is 13.2 Å². The minimum Gasteiger partial charge on any atom is -0.466 e. The maximum atomic E-state index is 15.6. The number of aromatic nitrogens is 3. The Bertz CT molecular complexity index is 1770. The molecule has 0 spiro atoms. The van der Waals surface area contributed by atoms with Crippen molar-refractivity contribution < 1.29 is 18.7 Å². The fraction of sp³-hybridized carbons (Fsp3) is 0.459. The number of hydrogen-bond acceptors (Lipinski definition) is 5. The molecule has 2 aromatic carbocycles. The van der Waals surface area contributed by atoms with Crippen LogP contribution in [0.5, 0.6) is 0 Å². The zero-order valence-electron chi connectivity index (χ0n) is 26.4. The molecule has 8 heteroatoms. The maximum Gasteiger partial charge on any atom is 0.308 e. The molecule has 1 amide bonds. The van der Waals surface area contributed by atoms with Gasteiger partial charge in [0.05, 0.1) is 30.0 Å². The molecule has 45 heavy (non-hydrogen) atoms. The first-order valence-corrected chi connectivity index (χ1v) is 16.5. The van der Waals surface area contributed by atoms with Crippen molar-refractivity contribution in [3.63, 3.8) is 0 Å². The van der Waals surface area contributed by atoms with Crippen LogP contribution < -0.4 is 0 Å². The van der Waals surface area contributed by atoms with Gasteiger partial charge in [-0.3, -0.25) is 9.59 Å². The highest BCUT2D eigenvalue weighted by molar-refractivity contribution is 5.93. The summed E-state index contributed by atoms with van der Waals surface area (Å²) in [6.07, 6.45) is 7.15.